The smallest absolute Gasteiger partial charge is 0.254 e. The highest BCUT2D eigenvalue weighted by molar-refractivity contribution is 5.94. The third kappa shape index (κ3) is 5.94. The minimum atomic E-state index is -0.458. The van der Waals surface area contributed by atoms with Gasteiger partial charge >= 0.3 is 0 Å². The molecule has 2 rings (SSSR count). The van der Waals surface area contributed by atoms with Gasteiger partial charge in [0.2, 0.25) is 0 Å². The second kappa shape index (κ2) is 7.90. The zero-order chi connectivity index (χ0) is 16.9. The fourth-order valence-electron chi connectivity index (χ4n) is 2.73. The van der Waals surface area contributed by atoms with Crippen molar-refractivity contribution < 1.29 is 19.5 Å². The van der Waals surface area contributed by atoms with Gasteiger partial charge in [0.15, 0.2) is 0 Å². The maximum Gasteiger partial charge on any atom is 0.254 e. The predicted octanol–water partition coefficient (Wildman–Crippen LogP) is 0.203. The number of nitrogens with one attached hydrogen (secondary N) is 1. The summed E-state index contributed by atoms with van der Waals surface area (Å²) in [6, 6.07) is 9.41. The standard InChI is InChI=1S/C18H28N2O3/c1-18(2,3)23-14-16(21)13-19-9-11-20(12-10-19)17(22)15-7-5-4-6-8-15/h4-8,16,21H,9-14H2,1-3H3/p+1/t16-/m1/s1. The van der Waals surface area contributed by atoms with Crippen LogP contribution in [0.15, 0.2) is 30.3 Å². The van der Waals surface area contributed by atoms with E-state index in [1.807, 2.05) is 56.0 Å². The summed E-state index contributed by atoms with van der Waals surface area (Å²) in [6.07, 6.45) is -0.458. The van der Waals surface area contributed by atoms with Crippen LogP contribution >= 0.6 is 0 Å². The van der Waals surface area contributed by atoms with Crippen molar-refractivity contribution in [1.82, 2.24) is 4.90 Å². The summed E-state index contributed by atoms with van der Waals surface area (Å²) in [7, 11) is 0. The van der Waals surface area contributed by atoms with Crippen LogP contribution in [0.3, 0.4) is 0 Å². The molecular weight excluding hydrogens is 292 g/mol. The zero-order valence-electron chi connectivity index (χ0n) is 14.4. The van der Waals surface area contributed by atoms with E-state index in [2.05, 4.69) is 0 Å². The maximum atomic E-state index is 12.4. The van der Waals surface area contributed by atoms with E-state index in [4.69, 9.17) is 4.74 Å². The first-order valence-corrected chi connectivity index (χ1v) is 8.35. The molecule has 0 saturated carbocycles. The van der Waals surface area contributed by atoms with Crippen LogP contribution in [0.4, 0.5) is 0 Å². The molecule has 2 N–H and O–H groups in total. The molecule has 23 heavy (non-hydrogen) atoms. The number of carbonyl (C=O) groups is 1. The van der Waals surface area contributed by atoms with Crippen molar-refractivity contribution in [2.45, 2.75) is 32.5 Å². The molecule has 1 aromatic rings. The molecular formula is C18H29N2O3+. The second-order valence-corrected chi connectivity index (χ2v) is 7.19. The number of amides is 1. The monoisotopic (exact) mass is 321 g/mol. The van der Waals surface area contributed by atoms with Crippen molar-refractivity contribution in [3.63, 3.8) is 0 Å². The highest BCUT2D eigenvalue weighted by Crippen LogP contribution is 2.07. The minimum Gasteiger partial charge on any atom is -0.385 e. The van der Waals surface area contributed by atoms with E-state index in [1.54, 1.807) is 0 Å². The predicted molar refractivity (Wildman–Crippen MR) is 89.6 cm³/mol. The number of ether oxygens (including phenoxy) is 1. The lowest BCUT2D eigenvalue weighted by molar-refractivity contribution is -0.907. The van der Waals surface area contributed by atoms with Crippen LogP contribution in [0.1, 0.15) is 31.1 Å². The SMILES string of the molecule is CC(C)(C)OC[C@H](O)C[NH+]1CCN(C(=O)c2ccccc2)CC1. The van der Waals surface area contributed by atoms with Gasteiger partial charge in [0.25, 0.3) is 5.91 Å². The van der Waals surface area contributed by atoms with Gasteiger partial charge in [-0.3, -0.25) is 4.79 Å². The fraction of sp³-hybridized carbons (Fsp3) is 0.611. The minimum absolute atomic E-state index is 0.0984. The molecule has 1 saturated heterocycles. The molecule has 0 radical (unpaired) electrons. The van der Waals surface area contributed by atoms with Crippen LogP contribution < -0.4 is 4.90 Å². The lowest BCUT2D eigenvalue weighted by Gasteiger charge is -2.33. The van der Waals surface area contributed by atoms with E-state index in [9.17, 15) is 9.90 Å². The summed E-state index contributed by atoms with van der Waals surface area (Å²) in [6.45, 7) is 10.2. The number of hydrogen-bond acceptors (Lipinski definition) is 3. The number of aliphatic hydroxyl groups is 1. The van der Waals surface area contributed by atoms with E-state index >= 15 is 0 Å². The summed E-state index contributed by atoms with van der Waals surface area (Å²) in [5.41, 5.74) is 0.520. The van der Waals surface area contributed by atoms with Crippen molar-refractivity contribution in [3.8, 4) is 0 Å². The Morgan fingerprint density at radius 1 is 1.26 bits per heavy atom. The first-order valence-electron chi connectivity index (χ1n) is 8.35. The number of carbonyl (C=O) groups excluding carboxylic acids is 1. The molecule has 1 fully saturated rings. The molecule has 1 aliphatic rings. The normalized spacial score (nSPS) is 18.0. The van der Waals surface area contributed by atoms with Gasteiger partial charge < -0.3 is 19.6 Å². The third-order valence-electron chi connectivity index (χ3n) is 4.01. The van der Waals surface area contributed by atoms with E-state index in [-0.39, 0.29) is 11.5 Å². The molecule has 1 atom stereocenters. The Bertz CT molecular complexity index is 491. The van der Waals surface area contributed by atoms with E-state index in [1.165, 1.54) is 4.90 Å². The lowest BCUT2D eigenvalue weighted by Crippen LogP contribution is -3.15. The summed E-state index contributed by atoms with van der Waals surface area (Å²) in [4.78, 5) is 15.6. The van der Waals surface area contributed by atoms with Crippen LogP contribution in [-0.2, 0) is 4.74 Å². The van der Waals surface area contributed by atoms with Gasteiger partial charge in [0.1, 0.15) is 12.6 Å². The van der Waals surface area contributed by atoms with Crippen LogP contribution in [-0.4, -0.2) is 66.9 Å². The van der Waals surface area contributed by atoms with Gasteiger partial charge in [-0.05, 0) is 32.9 Å². The van der Waals surface area contributed by atoms with Gasteiger partial charge in [0.05, 0.1) is 38.4 Å². The van der Waals surface area contributed by atoms with Gasteiger partial charge in [-0.1, -0.05) is 18.2 Å². The van der Waals surface area contributed by atoms with Crippen LogP contribution in [0.2, 0.25) is 0 Å². The van der Waals surface area contributed by atoms with E-state index in [0.29, 0.717) is 13.2 Å². The Morgan fingerprint density at radius 2 is 1.87 bits per heavy atom. The van der Waals surface area contributed by atoms with Crippen LogP contribution in [0.5, 0.6) is 0 Å². The highest BCUT2D eigenvalue weighted by Gasteiger charge is 2.26. The molecule has 1 aromatic carbocycles. The Labute approximate surface area is 138 Å². The number of quaternary nitrogens is 1. The summed E-state index contributed by atoms with van der Waals surface area (Å²) < 4.78 is 5.62. The first kappa shape index (κ1) is 17.9. The second-order valence-electron chi connectivity index (χ2n) is 7.19. The van der Waals surface area contributed by atoms with Crippen molar-refractivity contribution in [2.24, 2.45) is 0 Å². The molecule has 0 unspecified atom stereocenters. The molecule has 1 heterocycles. The molecule has 0 bridgehead atoms. The average Bonchev–Trinajstić information content (AvgIpc) is 2.53. The molecule has 1 amide bonds. The fourth-order valence-corrected chi connectivity index (χ4v) is 2.73. The first-order chi connectivity index (χ1) is 10.8. The number of hydrogen-bond donors (Lipinski definition) is 2. The quantitative estimate of drug-likeness (QED) is 0.815. The number of benzene rings is 1. The lowest BCUT2D eigenvalue weighted by atomic mass is 10.1. The van der Waals surface area contributed by atoms with Crippen molar-refractivity contribution >= 4 is 5.91 Å². The van der Waals surface area contributed by atoms with Gasteiger partial charge in [-0.25, -0.2) is 0 Å². The highest BCUT2D eigenvalue weighted by atomic mass is 16.5. The van der Waals surface area contributed by atoms with Crippen molar-refractivity contribution in [1.29, 1.82) is 0 Å². The molecule has 5 nitrogen and oxygen atoms in total. The number of nitrogens with zero attached hydrogens (tertiary/aromatic N) is 1. The number of piperazine rings is 1. The van der Waals surface area contributed by atoms with Gasteiger partial charge in [-0.15, -0.1) is 0 Å². The van der Waals surface area contributed by atoms with E-state index < -0.39 is 6.10 Å². The molecule has 0 aromatic heterocycles. The molecule has 128 valence electrons. The topological polar surface area (TPSA) is 54.2 Å². The van der Waals surface area contributed by atoms with Crippen LogP contribution in [0, 0.1) is 0 Å². The van der Waals surface area contributed by atoms with Crippen molar-refractivity contribution in [2.75, 3.05) is 39.3 Å². The van der Waals surface area contributed by atoms with E-state index in [0.717, 1.165) is 31.7 Å². The van der Waals surface area contributed by atoms with Gasteiger partial charge in [-0.2, -0.15) is 0 Å². The molecule has 0 aliphatic carbocycles. The maximum absolute atomic E-state index is 12.4. The Balaban J connectivity index is 1.74. The zero-order valence-corrected chi connectivity index (χ0v) is 14.4. The van der Waals surface area contributed by atoms with Gasteiger partial charge in [0, 0.05) is 5.56 Å². The van der Waals surface area contributed by atoms with Crippen LogP contribution in [0.25, 0.3) is 0 Å². The molecule has 5 heteroatoms. The van der Waals surface area contributed by atoms with Crippen molar-refractivity contribution in [3.05, 3.63) is 35.9 Å². The average molecular weight is 321 g/mol. The Morgan fingerprint density at radius 3 is 2.43 bits per heavy atom. The number of aliphatic hydroxyl groups excluding tert-OH is 1. The summed E-state index contributed by atoms with van der Waals surface area (Å²) in [5.74, 6) is 0.0984. The number of rotatable bonds is 5. The molecule has 0 spiro atoms. The Hall–Kier alpha value is -1.43. The molecule has 1 aliphatic heterocycles. The Kier molecular flexibility index (Phi) is 6.16. The largest absolute Gasteiger partial charge is 0.385 e. The summed E-state index contributed by atoms with van der Waals surface area (Å²) in [5, 5.41) is 10.1. The summed E-state index contributed by atoms with van der Waals surface area (Å²) >= 11 is 0. The third-order valence-corrected chi connectivity index (χ3v) is 4.01.